The topological polar surface area (TPSA) is 29.1 Å². The van der Waals surface area contributed by atoms with Crippen LogP contribution in [0.3, 0.4) is 0 Å². The average molecular weight is 122 g/mol. The first-order valence-corrected chi connectivity index (χ1v) is 2.04. The molecule has 1 radical (unpaired) electrons. The molecule has 0 saturated heterocycles. The first kappa shape index (κ1) is 7.33. The summed E-state index contributed by atoms with van der Waals surface area (Å²) in [5.74, 6) is -0.446. The molecule has 0 rings (SSSR count). The maximum Gasteiger partial charge on any atom is 0.328 e. The summed E-state index contributed by atoms with van der Waals surface area (Å²) >= 11 is 0. The van der Waals surface area contributed by atoms with E-state index in [9.17, 15) is 13.6 Å². The summed E-state index contributed by atoms with van der Waals surface area (Å²) in [6.07, 6.45) is -1.78. The highest BCUT2D eigenvalue weighted by Crippen LogP contribution is 1.97. The molecule has 0 atom stereocenters. The number of rotatable bonds is 2. The fourth-order valence-electron chi connectivity index (χ4n) is 0.191. The minimum Gasteiger partial charge on any atom is -0.350 e. The van der Waals surface area contributed by atoms with Crippen molar-refractivity contribution in [2.75, 3.05) is 6.54 Å². The fourth-order valence-corrected chi connectivity index (χ4v) is 0.191. The summed E-state index contributed by atoms with van der Waals surface area (Å²) in [7, 11) is 0. The highest BCUT2D eigenvalue weighted by Gasteiger charge is 2.03. The molecule has 0 heterocycles. The smallest absolute Gasteiger partial charge is 0.328 e. The number of carbonyl (C=O) groups excluding carboxylic acids is 1. The zero-order valence-electron chi connectivity index (χ0n) is 4.37. The van der Waals surface area contributed by atoms with Crippen LogP contribution in [0.15, 0.2) is 0 Å². The van der Waals surface area contributed by atoms with E-state index in [1.807, 2.05) is 5.32 Å². The lowest BCUT2D eigenvalue weighted by Gasteiger charge is -1.95. The van der Waals surface area contributed by atoms with Crippen LogP contribution in [-0.2, 0) is 4.79 Å². The number of hydrogen-bond donors (Lipinski definition) is 1. The molecule has 1 N–H and O–H groups in total. The Hall–Kier alpha value is -0.670. The molecular formula is C4H6F2NO. The highest BCUT2D eigenvalue weighted by molar-refractivity contribution is 5.72. The molecular weight excluding hydrogens is 116 g/mol. The van der Waals surface area contributed by atoms with E-state index in [0.717, 1.165) is 0 Å². The summed E-state index contributed by atoms with van der Waals surface area (Å²) in [5, 5.41) is 1.92. The number of amides is 1. The monoisotopic (exact) mass is 122 g/mol. The van der Waals surface area contributed by atoms with Crippen molar-refractivity contribution in [1.82, 2.24) is 5.32 Å². The second kappa shape index (κ2) is 3.35. The Balaban J connectivity index is 3.05. The van der Waals surface area contributed by atoms with Crippen molar-refractivity contribution in [3.05, 3.63) is 6.43 Å². The second-order valence-corrected chi connectivity index (χ2v) is 1.25. The van der Waals surface area contributed by atoms with Crippen LogP contribution in [0, 0.1) is 6.43 Å². The maximum atomic E-state index is 11.1. The van der Waals surface area contributed by atoms with E-state index in [4.69, 9.17) is 0 Å². The zero-order valence-corrected chi connectivity index (χ0v) is 4.37. The quantitative estimate of drug-likeness (QED) is 0.569. The predicted octanol–water partition coefficient (Wildman–Crippen LogP) is 0.551. The minimum atomic E-state index is -1.78. The predicted molar refractivity (Wildman–Crippen MR) is 24.1 cm³/mol. The van der Waals surface area contributed by atoms with E-state index in [0.29, 0.717) is 0 Å². The maximum absolute atomic E-state index is 11.1. The van der Waals surface area contributed by atoms with Gasteiger partial charge >= 0.3 is 6.43 Å². The molecule has 0 aromatic carbocycles. The van der Waals surface area contributed by atoms with Crippen molar-refractivity contribution in [3.63, 3.8) is 0 Å². The molecule has 0 unspecified atom stereocenters. The van der Waals surface area contributed by atoms with Gasteiger partial charge in [0, 0.05) is 6.92 Å². The SMILES string of the molecule is CC(=O)NC[C](F)F. The molecule has 0 fully saturated rings. The van der Waals surface area contributed by atoms with Gasteiger partial charge in [-0.3, -0.25) is 4.79 Å². The number of hydrogen-bond acceptors (Lipinski definition) is 1. The Bertz CT molecular complexity index is 84.1. The molecule has 0 bridgehead atoms. The summed E-state index contributed by atoms with van der Waals surface area (Å²) in [5.41, 5.74) is 0. The number of nitrogens with one attached hydrogen (secondary N) is 1. The van der Waals surface area contributed by atoms with Gasteiger partial charge in [0.2, 0.25) is 5.91 Å². The van der Waals surface area contributed by atoms with Gasteiger partial charge < -0.3 is 5.32 Å². The van der Waals surface area contributed by atoms with Gasteiger partial charge in [0.05, 0.1) is 6.54 Å². The molecule has 0 spiro atoms. The standard InChI is InChI=1S/C4H6F2NO/c1-3(8)7-2-4(5)6/h2H2,1H3,(H,7,8). The van der Waals surface area contributed by atoms with E-state index < -0.39 is 18.9 Å². The van der Waals surface area contributed by atoms with Crippen LogP contribution in [-0.4, -0.2) is 12.5 Å². The first-order valence-electron chi connectivity index (χ1n) is 2.04. The van der Waals surface area contributed by atoms with Gasteiger partial charge in [0.25, 0.3) is 0 Å². The molecule has 0 aliphatic rings. The molecule has 0 aromatic heterocycles. The van der Waals surface area contributed by atoms with Crippen molar-refractivity contribution in [1.29, 1.82) is 0 Å². The minimum absolute atomic E-state index is 0.446. The van der Waals surface area contributed by atoms with Crippen LogP contribution >= 0.6 is 0 Å². The lowest BCUT2D eigenvalue weighted by Crippen LogP contribution is -2.22. The summed E-state index contributed by atoms with van der Waals surface area (Å²) in [6, 6.07) is 0. The molecule has 8 heavy (non-hydrogen) atoms. The van der Waals surface area contributed by atoms with Crippen molar-refractivity contribution < 1.29 is 13.6 Å². The molecule has 0 aromatic rings. The first-order chi connectivity index (χ1) is 3.63. The summed E-state index contributed by atoms with van der Waals surface area (Å²) in [6.45, 7) is 0.554. The zero-order chi connectivity index (χ0) is 6.57. The van der Waals surface area contributed by atoms with Gasteiger partial charge in [-0.25, -0.2) is 0 Å². The third-order valence-corrected chi connectivity index (χ3v) is 0.471. The Kier molecular flexibility index (Phi) is 3.07. The lowest BCUT2D eigenvalue weighted by molar-refractivity contribution is -0.119. The van der Waals surface area contributed by atoms with Gasteiger partial charge in [-0.1, -0.05) is 0 Å². The third kappa shape index (κ3) is 5.33. The van der Waals surface area contributed by atoms with Crippen molar-refractivity contribution in [2.24, 2.45) is 0 Å². The van der Waals surface area contributed by atoms with Crippen molar-refractivity contribution >= 4 is 5.91 Å². The van der Waals surface area contributed by atoms with Gasteiger partial charge in [0.15, 0.2) is 0 Å². The van der Waals surface area contributed by atoms with Crippen LogP contribution in [0.1, 0.15) is 6.92 Å². The van der Waals surface area contributed by atoms with E-state index in [1.54, 1.807) is 0 Å². The second-order valence-electron chi connectivity index (χ2n) is 1.25. The highest BCUT2D eigenvalue weighted by atomic mass is 19.3. The van der Waals surface area contributed by atoms with Crippen LogP contribution in [0.5, 0.6) is 0 Å². The van der Waals surface area contributed by atoms with Gasteiger partial charge in [-0.05, 0) is 0 Å². The van der Waals surface area contributed by atoms with Crippen LogP contribution in [0.2, 0.25) is 0 Å². The number of halogens is 2. The van der Waals surface area contributed by atoms with E-state index in [2.05, 4.69) is 0 Å². The molecule has 0 aliphatic carbocycles. The molecule has 1 amide bonds. The van der Waals surface area contributed by atoms with Gasteiger partial charge in [0.1, 0.15) is 0 Å². The van der Waals surface area contributed by atoms with Crippen LogP contribution in [0.25, 0.3) is 0 Å². The Labute approximate surface area is 45.9 Å². The Morgan fingerprint density at radius 2 is 2.12 bits per heavy atom. The van der Waals surface area contributed by atoms with Crippen molar-refractivity contribution in [3.8, 4) is 0 Å². The summed E-state index contributed by atoms with van der Waals surface area (Å²) in [4.78, 5) is 9.89. The lowest BCUT2D eigenvalue weighted by atomic mass is 10.6. The Morgan fingerprint density at radius 1 is 1.62 bits per heavy atom. The molecule has 47 valence electrons. The van der Waals surface area contributed by atoms with Crippen molar-refractivity contribution in [2.45, 2.75) is 6.92 Å². The van der Waals surface area contributed by atoms with E-state index in [1.165, 1.54) is 6.92 Å². The van der Waals surface area contributed by atoms with Crippen LogP contribution < -0.4 is 5.32 Å². The molecule has 0 aliphatic heterocycles. The average Bonchev–Trinajstić information content (AvgIpc) is 1.61. The molecule has 4 heteroatoms. The van der Waals surface area contributed by atoms with Crippen LogP contribution in [0.4, 0.5) is 8.78 Å². The third-order valence-electron chi connectivity index (χ3n) is 0.471. The number of carbonyl (C=O) groups is 1. The van der Waals surface area contributed by atoms with E-state index >= 15 is 0 Å². The normalized spacial score (nSPS) is 9.50. The largest absolute Gasteiger partial charge is 0.350 e. The van der Waals surface area contributed by atoms with Gasteiger partial charge in [-0.15, -0.1) is 0 Å². The fraction of sp³-hybridized carbons (Fsp3) is 0.500. The molecule has 0 saturated carbocycles. The Morgan fingerprint density at radius 3 is 2.25 bits per heavy atom. The summed E-state index contributed by atoms with van der Waals surface area (Å²) < 4.78 is 22.2. The van der Waals surface area contributed by atoms with Gasteiger partial charge in [-0.2, -0.15) is 8.78 Å². The van der Waals surface area contributed by atoms with E-state index in [-0.39, 0.29) is 0 Å². The molecule has 2 nitrogen and oxygen atoms in total.